The van der Waals surface area contributed by atoms with Crippen molar-refractivity contribution in [2.45, 2.75) is 108 Å². The van der Waals surface area contributed by atoms with Gasteiger partial charge in [0, 0.05) is 36.8 Å². The highest BCUT2D eigenvalue weighted by Crippen LogP contribution is 2.64. The number of esters is 4. The summed E-state index contributed by atoms with van der Waals surface area (Å²) in [7, 11) is 0. The van der Waals surface area contributed by atoms with Crippen molar-refractivity contribution < 1.29 is 67.8 Å². The van der Waals surface area contributed by atoms with Gasteiger partial charge in [0.15, 0.2) is 23.6 Å². The van der Waals surface area contributed by atoms with Crippen LogP contribution in [0.5, 0.6) is 0 Å². The van der Waals surface area contributed by atoms with E-state index >= 15 is 4.79 Å². The summed E-state index contributed by atoms with van der Waals surface area (Å²) in [6.07, 6.45) is -8.00. The molecule has 4 N–H and O–H groups in total. The first-order chi connectivity index (χ1) is 30.3. The molecule has 2 saturated carbocycles. The molecular formula is C49H51NO14. The number of fused-ring (bicyclic) bond motifs is 3. The standard InChI is InChI=1S/C49H51NO14/c1-26-32-24-49(59)42(63-44(57)30-18-10-7-11-19-30)40-47(5,41(55)39(61-27(2)51)36(26)46(49,3)4)33(52)23-34-48(40,25-60-34)64-35(53)22-14-20-28-15-12-13-21-31(28)37(38(54)45(58)62-32)50-43(56)29-16-8-6-9-17-29/h6-19,21-22,32-34,37-40,42,52,54,59H,20,23-25H2,1-5H3,(H,50,56)/b22-14-. The molecular weight excluding hydrogens is 827 g/mol. The molecule has 3 aliphatic carbocycles. The average Bonchev–Trinajstić information content (AvgIpc) is 3.26. The molecule has 1 amide bonds. The quantitative estimate of drug-likeness (QED) is 0.163. The van der Waals surface area contributed by atoms with Gasteiger partial charge in [0.2, 0.25) is 0 Å². The van der Waals surface area contributed by atoms with Crippen molar-refractivity contribution in [1.29, 1.82) is 0 Å². The number of Topliss-reactive ketones (excluding diaryl/α,β-unsaturated/α-hetero) is 1. The Hall–Kier alpha value is -6.00. The first-order valence-corrected chi connectivity index (χ1v) is 21.3. The highest BCUT2D eigenvalue weighted by Gasteiger charge is 2.78. The Morgan fingerprint density at radius 1 is 0.859 bits per heavy atom. The van der Waals surface area contributed by atoms with Gasteiger partial charge in [-0.25, -0.2) is 14.4 Å². The van der Waals surface area contributed by atoms with Gasteiger partial charge in [-0.15, -0.1) is 0 Å². The smallest absolute Gasteiger partial charge is 0.338 e. The van der Waals surface area contributed by atoms with E-state index in [9.17, 15) is 39.3 Å². The van der Waals surface area contributed by atoms with E-state index in [1.165, 1.54) is 32.1 Å². The molecule has 15 heteroatoms. The van der Waals surface area contributed by atoms with Crippen LogP contribution in [0.2, 0.25) is 0 Å². The number of nitrogens with one attached hydrogen (secondary N) is 1. The highest BCUT2D eigenvalue weighted by molar-refractivity contribution is 5.96. The molecule has 3 fully saturated rings. The molecule has 336 valence electrons. The van der Waals surface area contributed by atoms with E-state index < -0.39 is 113 Å². The molecule has 8 rings (SSSR count). The molecule has 5 aliphatic rings. The second-order valence-corrected chi connectivity index (χ2v) is 18.1. The third-order valence-electron chi connectivity index (χ3n) is 14.3. The number of ketones is 1. The molecule has 2 aliphatic heterocycles. The lowest BCUT2D eigenvalue weighted by atomic mass is 9.44. The summed E-state index contributed by atoms with van der Waals surface area (Å²) in [6, 6.07) is 21.3. The Morgan fingerprint density at radius 2 is 1.50 bits per heavy atom. The summed E-state index contributed by atoms with van der Waals surface area (Å²) in [4.78, 5) is 85.5. The largest absolute Gasteiger partial charge is 0.456 e. The van der Waals surface area contributed by atoms with Crippen molar-refractivity contribution in [1.82, 2.24) is 5.32 Å². The third-order valence-corrected chi connectivity index (χ3v) is 14.3. The third kappa shape index (κ3) is 7.14. The van der Waals surface area contributed by atoms with E-state index in [0.717, 1.165) is 13.0 Å². The molecule has 0 aromatic heterocycles. The van der Waals surface area contributed by atoms with Gasteiger partial charge in [0.25, 0.3) is 5.91 Å². The van der Waals surface area contributed by atoms with Crippen LogP contribution in [0, 0.1) is 16.7 Å². The van der Waals surface area contributed by atoms with Crippen LogP contribution in [0.25, 0.3) is 0 Å². The fourth-order valence-corrected chi connectivity index (χ4v) is 10.8. The van der Waals surface area contributed by atoms with Crippen LogP contribution >= 0.6 is 0 Å². The summed E-state index contributed by atoms with van der Waals surface area (Å²) < 4.78 is 30.9. The van der Waals surface area contributed by atoms with Crippen LogP contribution in [-0.4, -0.2) is 105 Å². The van der Waals surface area contributed by atoms with Gasteiger partial charge in [-0.3, -0.25) is 14.4 Å². The van der Waals surface area contributed by atoms with Crippen LogP contribution in [0.4, 0.5) is 0 Å². The average molecular weight is 878 g/mol. The van der Waals surface area contributed by atoms with Gasteiger partial charge in [0.1, 0.15) is 23.9 Å². The predicted octanol–water partition coefficient (Wildman–Crippen LogP) is 3.83. The number of ether oxygens (including phenoxy) is 5. The van der Waals surface area contributed by atoms with Crippen LogP contribution in [0.1, 0.15) is 85.3 Å². The number of benzene rings is 3. The van der Waals surface area contributed by atoms with E-state index in [1.54, 1.807) is 86.6 Å². The second-order valence-electron chi connectivity index (χ2n) is 18.1. The van der Waals surface area contributed by atoms with E-state index in [0.29, 0.717) is 11.1 Å². The summed E-state index contributed by atoms with van der Waals surface area (Å²) in [5, 5.41) is 40.8. The first-order valence-electron chi connectivity index (χ1n) is 21.3. The predicted molar refractivity (Wildman–Crippen MR) is 225 cm³/mol. The number of hydrogen-bond donors (Lipinski definition) is 4. The summed E-state index contributed by atoms with van der Waals surface area (Å²) in [5.41, 5.74) is -6.68. The van der Waals surface area contributed by atoms with Crippen molar-refractivity contribution in [2.24, 2.45) is 16.7 Å². The van der Waals surface area contributed by atoms with Gasteiger partial charge in [-0.2, -0.15) is 0 Å². The fourth-order valence-electron chi connectivity index (χ4n) is 10.8. The Morgan fingerprint density at radius 3 is 2.14 bits per heavy atom. The van der Waals surface area contributed by atoms with Crippen LogP contribution in [0.15, 0.2) is 108 Å². The summed E-state index contributed by atoms with van der Waals surface area (Å²) in [5.74, 6) is -7.02. The molecule has 11 atom stereocenters. The Balaban J connectivity index is 1.37. The number of allylic oxidation sites excluding steroid dienone is 1. The summed E-state index contributed by atoms with van der Waals surface area (Å²) >= 11 is 0. The molecule has 2 heterocycles. The Labute approximate surface area is 369 Å². The van der Waals surface area contributed by atoms with E-state index in [2.05, 4.69) is 5.32 Å². The zero-order valence-electron chi connectivity index (χ0n) is 36.0. The lowest BCUT2D eigenvalue weighted by molar-refractivity contribution is -0.345. The number of amides is 1. The highest BCUT2D eigenvalue weighted by atomic mass is 16.6. The maximum absolute atomic E-state index is 15.6. The topological polar surface area (TPSA) is 221 Å². The maximum atomic E-state index is 15.6. The fraction of sp³-hybridized carbons (Fsp3) is 0.429. The number of carbonyl (C=O) groups excluding carboxylic acids is 6. The lowest BCUT2D eigenvalue weighted by Crippen LogP contribution is -2.82. The van der Waals surface area contributed by atoms with Crippen molar-refractivity contribution in [2.75, 3.05) is 6.61 Å². The normalized spacial score (nSPS) is 34.8. The first kappa shape index (κ1) is 44.6. The molecule has 1 saturated heterocycles. The maximum Gasteiger partial charge on any atom is 0.338 e. The van der Waals surface area contributed by atoms with Gasteiger partial charge < -0.3 is 44.3 Å². The van der Waals surface area contributed by atoms with Gasteiger partial charge in [-0.1, -0.05) is 80.6 Å². The minimum Gasteiger partial charge on any atom is -0.456 e. The number of aliphatic hydroxyl groups excluding tert-OH is 2. The van der Waals surface area contributed by atoms with Crippen molar-refractivity contribution in [3.63, 3.8) is 0 Å². The Bertz CT molecular complexity index is 2450. The molecule has 3 aromatic carbocycles. The number of hydrogen-bond acceptors (Lipinski definition) is 14. The van der Waals surface area contributed by atoms with E-state index in [-0.39, 0.29) is 41.7 Å². The SMILES string of the molecule is CC(=O)OC1C(=O)C2(C)C(O)CC3OCC34OC(=O)/C=C\Cc3ccccc3C(NC(=O)c3ccccc3)C(O)C(=O)OC3CC(O)(C(OC(=O)c5ccccc5)C42)C(C)(C)C1=C3C. The zero-order chi connectivity index (χ0) is 45.9. The summed E-state index contributed by atoms with van der Waals surface area (Å²) in [6.45, 7) is 6.83. The van der Waals surface area contributed by atoms with Crippen LogP contribution in [0.3, 0.4) is 0 Å². The molecule has 4 bridgehead atoms. The minimum atomic E-state index is -2.40. The van der Waals surface area contributed by atoms with Crippen molar-refractivity contribution >= 4 is 35.6 Å². The zero-order valence-corrected chi connectivity index (χ0v) is 36.0. The molecule has 0 radical (unpaired) electrons. The van der Waals surface area contributed by atoms with E-state index in [1.807, 2.05) is 0 Å². The molecule has 1 spiro atoms. The van der Waals surface area contributed by atoms with Gasteiger partial charge >= 0.3 is 23.9 Å². The van der Waals surface area contributed by atoms with Crippen LogP contribution < -0.4 is 5.32 Å². The van der Waals surface area contributed by atoms with Crippen molar-refractivity contribution in [3.8, 4) is 0 Å². The van der Waals surface area contributed by atoms with Gasteiger partial charge in [0.05, 0.1) is 35.6 Å². The van der Waals surface area contributed by atoms with Gasteiger partial charge in [-0.05, 0) is 66.8 Å². The Kier molecular flexibility index (Phi) is 11.5. The minimum absolute atomic E-state index is 0.000437. The monoisotopic (exact) mass is 877 g/mol. The number of carbonyl (C=O) groups is 6. The lowest BCUT2D eigenvalue weighted by Gasteiger charge is -2.67. The number of aliphatic hydroxyl groups is 3. The molecule has 3 aromatic rings. The second kappa shape index (κ2) is 16.5. The number of rotatable bonds is 5. The van der Waals surface area contributed by atoms with Crippen LogP contribution in [-0.2, 0) is 49.3 Å². The molecule has 11 unspecified atom stereocenters. The molecule has 64 heavy (non-hydrogen) atoms. The van der Waals surface area contributed by atoms with E-state index in [4.69, 9.17) is 23.7 Å². The molecule has 15 nitrogen and oxygen atoms in total. The van der Waals surface area contributed by atoms with Crippen molar-refractivity contribution in [3.05, 3.63) is 130 Å².